The van der Waals surface area contributed by atoms with Crippen molar-refractivity contribution in [2.45, 2.75) is 44.1 Å². The Hall–Kier alpha value is -6.00. The number of carbonyl (C=O) groups excluding carboxylic acids is 3. The maximum atomic E-state index is 13.8. The van der Waals surface area contributed by atoms with Crippen molar-refractivity contribution in [2.75, 3.05) is 11.1 Å². The number of hydrogen-bond acceptors (Lipinski definition) is 7. The van der Waals surface area contributed by atoms with Gasteiger partial charge in [-0.2, -0.15) is 0 Å². The van der Waals surface area contributed by atoms with Gasteiger partial charge in [0.15, 0.2) is 0 Å². The van der Waals surface area contributed by atoms with Crippen molar-refractivity contribution < 1.29 is 24.2 Å². The maximum absolute atomic E-state index is 13.8. The van der Waals surface area contributed by atoms with Gasteiger partial charge in [-0.25, -0.2) is 4.79 Å². The summed E-state index contributed by atoms with van der Waals surface area (Å²) in [6.45, 7) is -0.0363. The zero-order valence-electron chi connectivity index (χ0n) is 26.9. The number of nitrogen functional groups attached to an aromatic ring is 1. The molecular weight excluding hydrogens is 618 g/mol. The third-order valence-corrected chi connectivity index (χ3v) is 7.92. The van der Waals surface area contributed by atoms with Gasteiger partial charge >= 0.3 is 6.09 Å². The number of aliphatic hydroxyl groups is 1. The van der Waals surface area contributed by atoms with Gasteiger partial charge in [0, 0.05) is 23.5 Å². The summed E-state index contributed by atoms with van der Waals surface area (Å²) in [5.74, 6) is -0.794. The van der Waals surface area contributed by atoms with Crippen molar-refractivity contribution in [1.82, 2.24) is 15.6 Å². The lowest BCUT2D eigenvalue weighted by molar-refractivity contribution is 0.0756. The number of nitrogens with two attached hydrogens (primary N) is 1. The normalized spacial score (nSPS) is 12.6. The summed E-state index contributed by atoms with van der Waals surface area (Å²) in [7, 11) is 0. The quantitative estimate of drug-likeness (QED) is 0.0982. The number of nitrogens with zero attached hydrogens (tertiary/aromatic N) is 1. The fraction of sp³-hybridized carbons (Fsp3) is 0.179. The van der Waals surface area contributed by atoms with Crippen LogP contribution >= 0.6 is 0 Å². The molecule has 0 aliphatic rings. The van der Waals surface area contributed by atoms with Crippen LogP contribution in [0.4, 0.5) is 16.2 Å². The highest BCUT2D eigenvalue weighted by molar-refractivity contribution is 6.02. The van der Waals surface area contributed by atoms with Gasteiger partial charge in [0.05, 0.1) is 29.1 Å². The highest BCUT2D eigenvalue weighted by Crippen LogP contribution is 2.19. The molecule has 0 saturated heterocycles. The Morgan fingerprint density at radius 1 is 0.714 bits per heavy atom. The van der Waals surface area contributed by atoms with Crippen molar-refractivity contribution in [3.63, 3.8) is 0 Å². The minimum absolute atomic E-state index is 0.0363. The number of pyridine rings is 1. The number of amides is 3. The van der Waals surface area contributed by atoms with Gasteiger partial charge in [-0.1, -0.05) is 78.9 Å². The second-order valence-electron chi connectivity index (χ2n) is 11.6. The minimum atomic E-state index is -1.06. The number of para-hydroxylation sites is 1. The van der Waals surface area contributed by atoms with Gasteiger partial charge in [-0.3, -0.25) is 19.9 Å². The first-order chi connectivity index (χ1) is 23.8. The Balaban J connectivity index is 1.33. The molecule has 250 valence electrons. The number of aromatic nitrogens is 1. The van der Waals surface area contributed by atoms with Crippen molar-refractivity contribution >= 4 is 29.3 Å². The SMILES string of the molecule is Nc1ccc(C(=O)N[C@@H](Cc2ccccc2)C[C@H](O)[C@H](Cc2ccccc2)NC(=O)c2ccccc2NC(=O)OCc2ccccn2)cc1. The van der Waals surface area contributed by atoms with E-state index < -0.39 is 30.2 Å². The fourth-order valence-corrected chi connectivity index (χ4v) is 5.41. The number of aliphatic hydroxyl groups excluding tert-OH is 1. The third kappa shape index (κ3) is 10.5. The van der Waals surface area contributed by atoms with Crippen LogP contribution in [0.2, 0.25) is 0 Å². The van der Waals surface area contributed by atoms with Crippen LogP contribution in [0.5, 0.6) is 0 Å². The van der Waals surface area contributed by atoms with E-state index in [4.69, 9.17) is 10.5 Å². The Labute approximate surface area is 285 Å². The van der Waals surface area contributed by atoms with Crippen molar-refractivity contribution in [3.05, 3.63) is 162 Å². The molecule has 49 heavy (non-hydrogen) atoms. The monoisotopic (exact) mass is 657 g/mol. The highest BCUT2D eigenvalue weighted by Gasteiger charge is 2.28. The number of ether oxygens (including phenoxy) is 1. The number of carbonyl (C=O) groups is 3. The van der Waals surface area contributed by atoms with Crippen LogP contribution in [-0.4, -0.2) is 46.2 Å². The lowest BCUT2D eigenvalue weighted by Gasteiger charge is -2.29. The van der Waals surface area contributed by atoms with Gasteiger partial charge in [0.1, 0.15) is 6.61 Å². The van der Waals surface area contributed by atoms with E-state index >= 15 is 0 Å². The van der Waals surface area contributed by atoms with Crippen LogP contribution in [0.15, 0.2) is 134 Å². The van der Waals surface area contributed by atoms with Gasteiger partial charge in [-0.15, -0.1) is 0 Å². The third-order valence-electron chi connectivity index (χ3n) is 7.92. The minimum Gasteiger partial charge on any atom is -0.443 e. The molecule has 0 fully saturated rings. The lowest BCUT2D eigenvalue weighted by atomic mass is 9.93. The van der Waals surface area contributed by atoms with E-state index in [2.05, 4.69) is 20.9 Å². The number of hydrogen-bond donors (Lipinski definition) is 5. The Bertz CT molecular complexity index is 1800. The van der Waals surface area contributed by atoms with E-state index in [0.29, 0.717) is 29.8 Å². The molecule has 0 unspecified atom stereocenters. The van der Waals surface area contributed by atoms with Crippen molar-refractivity contribution in [1.29, 1.82) is 0 Å². The van der Waals surface area contributed by atoms with Gasteiger partial charge in [-0.05, 0) is 78.9 Å². The number of rotatable bonds is 14. The van der Waals surface area contributed by atoms with Crippen LogP contribution in [0.3, 0.4) is 0 Å². The molecule has 0 aliphatic heterocycles. The van der Waals surface area contributed by atoms with Crippen LogP contribution in [0.1, 0.15) is 44.0 Å². The summed E-state index contributed by atoms with van der Waals surface area (Å²) in [4.78, 5) is 43.8. The number of nitrogens with one attached hydrogen (secondary N) is 3. The van der Waals surface area contributed by atoms with Crippen LogP contribution < -0.4 is 21.7 Å². The van der Waals surface area contributed by atoms with E-state index in [1.807, 2.05) is 60.7 Å². The van der Waals surface area contributed by atoms with E-state index in [0.717, 1.165) is 11.1 Å². The molecule has 1 aromatic heterocycles. The summed E-state index contributed by atoms with van der Waals surface area (Å²) in [6, 6.07) is 36.5. The molecular formula is C39H39N5O5. The molecule has 0 radical (unpaired) electrons. The summed E-state index contributed by atoms with van der Waals surface area (Å²) < 4.78 is 5.30. The summed E-state index contributed by atoms with van der Waals surface area (Å²) in [6.07, 6.45) is 0.721. The molecule has 0 aliphatic carbocycles. The first-order valence-corrected chi connectivity index (χ1v) is 16.0. The summed E-state index contributed by atoms with van der Waals surface area (Å²) in [5.41, 5.74) is 9.71. The average molecular weight is 658 g/mol. The zero-order chi connectivity index (χ0) is 34.4. The summed E-state index contributed by atoms with van der Waals surface area (Å²) in [5, 5.41) is 20.5. The Morgan fingerprint density at radius 3 is 2.02 bits per heavy atom. The van der Waals surface area contributed by atoms with E-state index in [9.17, 15) is 19.5 Å². The zero-order valence-corrected chi connectivity index (χ0v) is 26.9. The molecule has 10 nitrogen and oxygen atoms in total. The fourth-order valence-electron chi connectivity index (χ4n) is 5.41. The average Bonchev–Trinajstić information content (AvgIpc) is 3.12. The van der Waals surface area contributed by atoms with Gasteiger partial charge in [0.25, 0.3) is 11.8 Å². The second kappa shape index (κ2) is 17.2. The largest absolute Gasteiger partial charge is 0.443 e. The van der Waals surface area contributed by atoms with Crippen LogP contribution in [0, 0.1) is 0 Å². The molecule has 0 bridgehead atoms. The molecule has 3 amide bonds. The summed E-state index contributed by atoms with van der Waals surface area (Å²) >= 11 is 0. The Morgan fingerprint density at radius 2 is 1.35 bits per heavy atom. The molecule has 4 aromatic carbocycles. The second-order valence-corrected chi connectivity index (χ2v) is 11.6. The number of benzene rings is 4. The van der Waals surface area contributed by atoms with Crippen LogP contribution in [0.25, 0.3) is 0 Å². The molecule has 0 saturated carbocycles. The smallest absolute Gasteiger partial charge is 0.412 e. The van der Waals surface area contributed by atoms with Crippen molar-refractivity contribution in [2.24, 2.45) is 0 Å². The van der Waals surface area contributed by atoms with Gasteiger partial charge in [0.2, 0.25) is 0 Å². The molecule has 6 N–H and O–H groups in total. The van der Waals surface area contributed by atoms with E-state index in [-0.39, 0.29) is 30.2 Å². The first kappa shape index (κ1) is 34.3. The van der Waals surface area contributed by atoms with E-state index in [1.165, 1.54) is 0 Å². The number of anilines is 2. The topological polar surface area (TPSA) is 156 Å². The maximum Gasteiger partial charge on any atom is 0.412 e. The van der Waals surface area contributed by atoms with Crippen molar-refractivity contribution in [3.8, 4) is 0 Å². The Kier molecular flexibility index (Phi) is 12.1. The molecule has 5 aromatic rings. The van der Waals surface area contributed by atoms with Crippen LogP contribution in [-0.2, 0) is 24.2 Å². The predicted molar refractivity (Wildman–Crippen MR) is 189 cm³/mol. The highest BCUT2D eigenvalue weighted by atomic mass is 16.5. The molecule has 10 heteroatoms. The standard InChI is InChI=1S/C39H39N5O5/c40-30-20-18-29(19-21-30)37(46)42-32(23-27-11-3-1-4-12-27)25-36(45)35(24-28-13-5-2-6-14-28)43-38(47)33-16-7-8-17-34(33)44-39(48)49-26-31-15-9-10-22-41-31/h1-22,32,35-36,45H,23-26,40H2,(H,42,46)(H,43,47)(H,44,48)/t32-,35-,36-/m0/s1. The molecule has 5 rings (SSSR count). The predicted octanol–water partition coefficient (Wildman–Crippen LogP) is 5.55. The first-order valence-electron chi connectivity index (χ1n) is 16.0. The van der Waals surface area contributed by atoms with Gasteiger partial charge < -0.3 is 26.2 Å². The molecule has 0 spiro atoms. The molecule has 1 heterocycles. The lowest BCUT2D eigenvalue weighted by Crippen LogP contribution is -2.48. The molecule has 3 atom stereocenters. The van der Waals surface area contributed by atoms with E-state index in [1.54, 1.807) is 72.9 Å².